The van der Waals surface area contributed by atoms with Crippen LogP contribution in [0.5, 0.6) is 0 Å². The molecule has 2 aliphatic rings. The molecule has 3 heterocycles. The molecule has 1 aromatic rings. The Labute approximate surface area is 110 Å². The molecule has 17 heavy (non-hydrogen) atoms. The van der Waals surface area contributed by atoms with Gasteiger partial charge in [0.05, 0.1) is 16.5 Å². The van der Waals surface area contributed by atoms with Crippen LogP contribution in [0.4, 0.5) is 0 Å². The fraction of sp³-hybridized carbons (Fsp3) is 0.667. The van der Waals surface area contributed by atoms with Gasteiger partial charge in [-0.25, -0.2) is 0 Å². The Kier molecular flexibility index (Phi) is 3.41. The summed E-state index contributed by atoms with van der Waals surface area (Å²) in [5.41, 5.74) is 2.97. The number of thiophene rings is 1. The monoisotopic (exact) mass is 272 g/mol. The highest BCUT2D eigenvalue weighted by molar-refractivity contribution is 7.16. The smallest absolute Gasteiger partial charge is 0.0931 e. The molecule has 0 saturated carbocycles. The van der Waals surface area contributed by atoms with Gasteiger partial charge in [0.2, 0.25) is 0 Å². The lowest BCUT2D eigenvalue weighted by Gasteiger charge is -2.27. The van der Waals surface area contributed by atoms with Crippen LogP contribution in [0.2, 0.25) is 4.34 Å². The Balaban J connectivity index is 1.67. The summed E-state index contributed by atoms with van der Waals surface area (Å²) in [5, 5.41) is 0. The summed E-state index contributed by atoms with van der Waals surface area (Å²) in [6.45, 7) is 0. The molecule has 1 aromatic heterocycles. The van der Waals surface area contributed by atoms with E-state index >= 15 is 0 Å². The number of nitrogens with two attached hydrogens (primary N) is 1. The summed E-state index contributed by atoms with van der Waals surface area (Å²) in [4.78, 5) is 1.29. The summed E-state index contributed by atoms with van der Waals surface area (Å²) < 4.78 is 6.74. The predicted molar refractivity (Wildman–Crippen MR) is 70.1 cm³/mol. The van der Waals surface area contributed by atoms with Crippen LogP contribution in [0.1, 0.15) is 24.1 Å². The van der Waals surface area contributed by atoms with Gasteiger partial charge in [0.25, 0.3) is 0 Å². The van der Waals surface area contributed by atoms with Crippen LogP contribution < -0.4 is 11.3 Å². The van der Waals surface area contributed by atoms with Gasteiger partial charge in [0, 0.05) is 16.8 Å². The molecule has 3 nitrogen and oxygen atoms in total. The van der Waals surface area contributed by atoms with E-state index in [1.54, 1.807) is 11.3 Å². The molecule has 2 saturated heterocycles. The van der Waals surface area contributed by atoms with Gasteiger partial charge in [-0.2, -0.15) is 0 Å². The standard InChI is InChI=1S/C12H17ClN2OS/c13-12-4-2-8(17-12)6-10(15-14)9-5-7-1-3-11(9)16-7/h2,4,7,9-11,15H,1,3,5-6,14H2. The van der Waals surface area contributed by atoms with E-state index in [4.69, 9.17) is 22.2 Å². The van der Waals surface area contributed by atoms with E-state index in [0.29, 0.717) is 24.2 Å². The van der Waals surface area contributed by atoms with E-state index in [0.717, 1.165) is 17.2 Å². The molecular weight excluding hydrogens is 256 g/mol. The number of fused-ring (bicyclic) bond motifs is 2. The Bertz CT molecular complexity index is 398. The number of hydrazine groups is 1. The zero-order valence-electron chi connectivity index (χ0n) is 9.56. The second-order valence-electron chi connectivity index (χ2n) is 4.96. The topological polar surface area (TPSA) is 47.3 Å². The molecule has 5 heteroatoms. The highest BCUT2D eigenvalue weighted by Crippen LogP contribution is 2.41. The molecular formula is C12H17ClN2OS. The molecule has 2 aliphatic heterocycles. The van der Waals surface area contributed by atoms with Crippen LogP contribution in [-0.2, 0) is 11.2 Å². The second kappa shape index (κ2) is 4.86. The number of nitrogens with one attached hydrogen (secondary N) is 1. The maximum Gasteiger partial charge on any atom is 0.0931 e. The first kappa shape index (κ1) is 11.9. The first-order valence-corrected chi connectivity index (χ1v) is 7.31. The molecule has 0 radical (unpaired) electrons. The summed E-state index contributed by atoms with van der Waals surface area (Å²) >= 11 is 7.59. The van der Waals surface area contributed by atoms with Crippen LogP contribution in [-0.4, -0.2) is 18.2 Å². The van der Waals surface area contributed by atoms with Crippen molar-refractivity contribution < 1.29 is 4.74 Å². The van der Waals surface area contributed by atoms with E-state index in [-0.39, 0.29) is 0 Å². The van der Waals surface area contributed by atoms with Crippen molar-refractivity contribution in [1.29, 1.82) is 0 Å². The number of hydrogen-bond acceptors (Lipinski definition) is 4. The van der Waals surface area contributed by atoms with Crippen LogP contribution in [0, 0.1) is 5.92 Å². The molecule has 3 N–H and O–H groups in total. The van der Waals surface area contributed by atoms with Gasteiger partial charge in [-0.1, -0.05) is 11.6 Å². The molecule has 0 aromatic carbocycles. The lowest BCUT2D eigenvalue weighted by Crippen LogP contribution is -2.45. The molecule has 0 aliphatic carbocycles. The van der Waals surface area contributed by atoms with Crippen molar-refractivity contribution in [3.8, 4) is 0 Å². The van der Waals surface area contributed by atoms with Gasteiger partial charge >= 0.3 is 0 Å². The van der Waals surface area contributed by atoms with Crippen LogP contribution in [0.25, 0.3) is 0 Å². The van der Waals surface area contributed by atoms with E-state index in [2.05, 4.69) is 11.5 Å². The summed E-state index contributed by atoms with van der Waals surface area (Å²) in [6, 6.07) is 4.35. The summed E-state index contributed by atoms with van der Waals surface area (Å²) in [7, 11) is 0. The zero-order valence-corrected chi connectivity index (χ0v) is 11.1. The van der Waals surface area contributed by atoms with Crippen LogP contribution in [0.15, 0.2) is 12.1 Å². The molecule has 2 bridgehead atoms. The average Bonchev–Trinajstić information content (AvgIpc) is 3.01. The van der Waals surface area contributed by atoms with E-state index in [1.165, 1.54) is 17.7 Å². The van der Waals surface area contributed by atoms with Crippen molar-refractivity contribution >= 4 is 22.9 Å². The molecule has 3 rings (SSSR count). The van der Waals surface area contributed by atoms with Crippen LogP contribution in [0.3, 0.4) is 0 Å². The van der Waals surface area contributed by atoms with Crippen molar-refractivity contribution in [2.45, 2.75) is 43.9 Å². The van der Waals surface area contributed by atoms with Crippen molar-refractivity contribution in [2.75, 3.05) is 0 Å². The van der Waals surface area contributed by atoms with Gasteiger partial charge in [-0.3, -0.25) is 11.3 Å². The molecule has 0 spiro atoms. The second-order valence-corrected chi connectivity index (χ2v) is 6.76. The van der Waals surface area contributed by atoms with Crippen LogP contribution >= 0.6 is 22.9 Å². The number of ether oxygens (including phenoxy) is 1. The fourth-order valence-electron chi connectivity index (χ4n) is 3.11. The number of rotatable bonds is 4. The third kappa shape index (κ3) is 2.37. The predicted octanol–water partition coefficient (Wildman–Crippen LogP) is 2.34. The van der Waals surface area contributed by atoms with E-state index in [1.807, 2.05) is 6.07 Å². The van der Waals surface area contributed by atoms with Gasteiger partial charge in [-0.15, -0.1) is 11.3 Å². The first-order chi connectivity index (χ1) is 8.26. The van der Waals surface area contributed by atoms with Crippen molar-refractivity contribution in [3.63, 3.8) is 0 Å². The van der Waals surface area contributed by atoms with Gasteiger partial charge in [-0.05, 0) is 37.8 Å². The highest BCUT2D eigenvalue weighted by Gasteiger charge is 2.44. The van der Waals surface area contributed by atoms with Crippen molar-refractivity contribution in [3.05, 3.63) is 21.3 Å². The molecule has 0 amide bonds. The SMILES string of the molecule is NNC(Cc1ccc(Cl)s1)C1CC2CCC1O2. The largest absolute Gasteiger partial charge is 0.375 e. The Morgan fingerprint density at radius 3 is 2.94 bits per heavy atom. The lowest BCUT2D eigenvalue weighted by atomic mass is 9.82. The van der Waals surface area contributed by atoms with Gasteiger partial charge < -0.3 is 4.74 Å². The van der Waals surface area contributed by atoms with Gasteiger partial charge in [0.1, 0.15) is 0 Å². The minimum atomic E-state index is 0.306. The molecule has 4 atom stereocenters. The molecule has 94 valence electrons. The fourth-order valence-corrected chi connectivity index (χ4v) is 4.26. The number of halogens is 1. The Hall–Kier alpha value is -0.130. The Morgan fingerprint density at radius 2 is 2.41 bits per heavy atom. The lowest BCUT2D eigenvalue weighted by molar-refractivity contribution is 0.0858. The normalized spacial score (nSPS) is 33.2. The first-order valence-electron chi connectivity index (χ1n) is 6.12. The summed E-state index contributed by atoms with van der Waals surface area (Å²) in [5.74, 6) is 6.26. The maximum absolute atomic E-state index is 5.95. The quantitative estimate of drug-likeness (QED) is 0.653. The molecule has 2 fully saturated rings. The number of hydrogen-bond donors (Lipinski definition) is 2. The third-order valence-corrected chi connectivity index (χ3v) is 5.19. The van der Waals surface area contributed by atoms with E-state index in [9.17, 15) is 0 Å². The molecule has 4 unspecified atom stereocenters. The maximum atomic E-state index is 5.95. The van der Waals surface area contributed by atoms with Crippen molar-refractivity contribution in [1.82, 2.24) is 5.43 Å². The zero-order chi connectivity index (χ0) is 11.8. The van der Waals surface area contributed by atoms with Gasteiger partial charge in [0.15, 0.2) is 0 Å². The Morgan fingerprint density at radius 1 is 1.53 bits per heavy atom. The minimum Gasteiger partial charge on any atom is -0.375 e. The summed E-state index contributed by atoms with van der Waals surface area (Å²) in [6.07, 6.45) is 5.41. The third-order valence-electron chi connectivity index (χ3n) is 3.93. The average molecular weight is 273 g/mol. The minimum absolute atomic E-state index is 0.306. The van der Waals surface area contributed by atoms with Crippen molar-refractivity contribution in [2.24, 2.45) is 11.8 Å². The van der Waals surface area contributed by atoms with E-state index < -0.39 is 0 Å². The highest BCUT2D eigenvalue weighted by atomic mass is 35.5.